The zero-order valence-electron chi connectivity index (χ0n) is 8.98. The Morgan fingerprint density at radius 2 is 2.11 bits per heavy atom. The molecule has 5 nitrogen and oxygen atoms in total. The number of rotatable bonds is 1. The molecule has 0 atom stereocenters. The largest absolute Gasteiger partial charge is 0.381 e. The van der Waals surface area contributed by atoms with E-state index in [1.165, 1.54) is 6.20 Å². The first-order valence-corrected chi connectivity index (χ1v) is 5.44. The Kier molecular flexibility index (Phi) is 2.38. The molecule has 3 aromatic heterocycles. The molecule has 0 amide bonds. The Bertz CT molecular complexity index is 739. The molecular formula is C11H7ClFN5. The van der Waals surface area contributed by atoms with E-state index in [-0.39, 0.29) is 5.82 Å². The molecule has 0 unspecified atom stereocenters. The molecule has 0 fully saturated rings. The minimum atomic E-state index is -0.644. The van der Waals surface area contributed by atoms with Gasteiger partial charge in [-0.2, -0.15) is 0 Å². The van der Waals surface area contributed by atoms with Crippen LogP contribution in [0.15, 0.2) is 24.7 Å². The van der Waals surface area contributed by atoms with Gasteiger partial charge in [-0.1, -0.05) is 11.6 Å². The second-order valence-corrected chi connectivity index (χ2v) is 4.12. The minimum Gasteiger partial charge on any atom is -0.381 e. The number of pyridine rings is 1. The molecule has 0 aromatic carbocycles. The molecule has 0 saturated heterocycles. The zero-order valence-corrected chi connectivity index (χ0v) is 9.74. The molecule has 0 aliphatic rings. The summed E-state index contributed by atoms with van der Waals surface area (Å²) >= 11 is 5.89. The van der Waals surface area contributed by atoms with Gasteiger partial charge in [0.25, 0.3) is 0 Å². The normalized spacial score (nSPS) is 11.0. The van der Waals surface area contributed by atoms with Crippen molar-refractivity contribution in [2.24, 2.45) is 0 Å². The summed E-state index contributed by atoms with van der Waals surface area (Å²) in [7, 11) is 0. The number of nitrogen functional groups attached to an aromatic ring is 1. The first kappa shape index (κ1) is 10.9. The van der Waals surface area contributed by atoms with Crippen molar-refractivity contribution < 1.29 is 4.39 Å². The Morgan fingerprint density at radius 1 is 1.28 bits per heavy atom. The molecule has 0 aliphatic heterocycles. The van der Waals surface area contributed by atoms with E-state index in [2.05, 4.69) is 19.9 Å². The number of H-pyrrole nitrogens is 1. The topological polar surface area (TPSA) is 80.5 Å². The van der Waals surface area contributed by atoms with E-state index < -0.39 is 5.82 Å². The number of hydrogen-bond donors (Lipinski definition) is 2. The molecule has 90 valence electrons. The van der Waals surface area contributed by atoms with Crippen LogP contribution < -0.4 is 5.73 Å². The van der Waals surface area contributed by atoms with Crippen LogP contribution in [-0.2, 0) is 0 Å². The molecule has 3 heterocycles. The maximum absolute atomic E-state index is 13.0. The van der Waals surface area contributed by atoms with Crippen molar-refractivity contribution in [2.45, 2.75) is 0 Å². The van der Waals surface area contributed by atoms with Crippen molar-refractivity contribution in [3.63, 3.8) is 0 Å². The number of nitrogens with zero attached hydrogens (tertiary/aromatic N) is 3. The fraction of sp³-hybridized carbons (Fsp3) is 0. The summed E-state index contributed by atoms with van der Waals surface area (Å²) in [6.45, 7) is 0. The van der Waals surface area contributed by atoms with Gasteiger partial charge in [0.05, 0.1) is 11.2 Å². The van der Waals surface area contributed by atoms with Crippen LogP contribution in [0.2, 0.25) is 5.02 Å². The van der Waals surface area contributed by atoms with Crippen LogP contribution >= 0.6 is 11.6 Å². The van der Waals surface area contributed by atoms with Gasteiger partial charge in [-0.25, -0.2) is 19.3 Å². The Labute approximate surface area is 106 Å². The predicted octanol–water partition coefficient (Wildman–Crippen LogP) is 2.39. The van der Waals surface area contributed by atoms with Crippen molar-refractivity contribution in [1.82, 2.24) is 19.9 Å². The smallest absolute Gasteiger partial charge is 0.183 e. The summed E-state index contributed by atoms with van der Waals surface area (Å²) in [5.41, 5.74) is 6.75. The van der Waals surface area contributed by atoms with Crippen molar-refractivity contribution in [1.29, 1.82) is 0 Å². The van der Waals surface area contributed by atoms with Gasteiger partial charge >= 0.3 is 0 Å². The Hall–Kier alpha value is -2.21. The van der Waals surface area contributed by atoms with Gasteiger partial charge in [0.2, 0.25) is 0 Å². The molecule has 0 radical (unpaired) electrons. The third-order valence-corrected chi connectivity index (χ3v) is 2.72. The molecule has 3 N–H and O–H groups in total. The average Bonchev–Trinajstić information content (AvgIpc) is 2.75. The Morgan fingerprint density at radius 3 is 2.89 bits per heavy atom. The van der Waals surface area contributed by atoms with Crippen molar-refractivity contribution in [2.75, 3.05) is 5.73 Å². The molecule has 7 heteroatoms. The zero-order chi connectivity index (χ0) is 12.7. The SMILES string of the molecule is Nc1nc(-c2c[nH]c3ncc(Cl)cc23)ncc1F. The number of halogens is 2. The minimum absolute atomic E-state index is 0.190. The lowest BCUT2D eigenvalue weighted by Crippen LogP contribution is -1.98. The number of aromatic amines is 1. The highest BCUT2D eigenvalue weighted by Crippen LogP contribution is 2.27. The highest BCUT2D eigenvalue weighted by atomic mass is 35.5. The number of aromatic nitrogens is 4. The molecule has 3 aromatic rings. The summed E-state index contributed by atoms with van der Waals surface area (Å²) in [6.07, 6.45) is 4.25. The van der Waals surface area contributed by atoms with Crippen LogP contribution in [0.1, 0.15) is 0 Å². The third kappa shape index (κ3) is 1.67. The third-order valence-electron chi connectivity index (χ3n) is 2.51. The number of anilines is 1. The van der Waals surface area contributed by atoms with Crippen LogP contribution in [0.3, 0.4) is 0 Å². The number of hydrogen-bond acceptors (Lipinski definition) is 4. The molecule has 0 aliphatic carbocycles. The molecular weight excluding hydrogens is 257 g/mol. The number of nitrogens with two attached hydrogens (primary N) is 1. The van der Waals surface area contributed by atoms with E-state index in [9.17, 15) is 4.39 Å². The molecule has 0 bridgehead atoms. The predicted molar refractivity (Wildman–Crippen MR) is 66.5 cm³/mol. The summed E-state index contributed by atoms with van der Waals surface area (Å²) in [6, 6.07) is 1.73. The van der Waals surface area contributed by atoms with E-state index in [1.54, 1.807) is 12.3 Å². The lowest BCUT2D eigenvalue weighted by molar-refractivity contribution is 0.620. The van der Waals surface area contributed by atoms with Gasteiger partial charge in [-0.15, -0.1) is 0 Å². The molecule has 3 rings (SSSR count). The summed E-state index contributed by atoms with van der Waals surface area (Å²) < 4.78 is 13.0. The maximum Gasteiger partial charge on any atom is 0.183 e. The first-order chi connectivity index (χ1) is 8.65. The maximum atomic E-state index is 13.0. The van der Waals surface area contributed by atoms with E-state index in [4.69, 9.17) is 17.3 Å². The summed E-state index contributed by atoms with van der Waals surface area (Å²) in [5, 5.41) is 1.26. The number of fused-ring (bicyclic) bond motifs is 1. The van der Waals surface area contributed by atoms with Gasteiger partial charge in [0.15, 0.2) is 17.5 Å². The molecule has 0 spiro atoms. The average molecular weight is 264 g/mol. The van der Waals surface area contributed by atoms with E-state index >= 15 is 0 Å². The van der Waals surface area contributed by atoms with Crippen LogP contribution in [0.5, 0.6) is 0 Å². The summed E-state index contributed by atoms with van der Waals surface area (Å²) in [4.78, 5) is 14.9. The molecule has 0 saturated carbocycles. The van der Waals surface area contributed by atoms with Crippen molar-refractivity contribution in [3.8, 4) is 11.4 Å². The lowest BCUT2D eigenvalue weighted by atomic mass is 10.2. The van der Waals surface area contributed by atoms with E-state index in [1.807, 2.05) is 0 Å². The number of nitrogens with one attached hydrogen (secondary N) is 1. The van der Waals surface area contributed by atoms with Crippen molar-refractivity contribution in [3.05, 3.63) is 35.5 Å². The second kappa shape index (κ2) is 3.92. The fourth-order valence-corrected chi connectivity index (χ4v) is 1.83. The highest BCUT2D eigenvalue weighted by molar-refractivity contribution is 6.31. The quantitative estimate of drug-likeness (QED) is 0.706. The van der Waals surface area contributed by atoms with E-state index in [0.29, 0.717) is 22.1 Å². The fourth-order valence-electron chi connectivity index (χ4n) is 1.67. The van der Waals surface area contributed by atoms with Crippen LogP contribution in [-0.4, -0.2) is 19.9 Å². The van der Waals surface area contributed by atoms with Crippen molar-refractivity contribution >= 4 is 28.5 Å². The summed E-state index contributed by atoms with van der Waals surface area (Å²) in [5.74, 6) is -0.511. The van der Waals surface area contributed by atoms with Gasteiger partial charge in [0, 0.05) is 23.3 Å². The van der Waals surface area contributed by atoms with Crippen LogP contribution in [0, 0.1) is 5.82 Å². The standard InChI is InChI=1S/C11H7ClFN5/c12-5-1-6-7(3-16-10(6)15-2-5)11-17-4-8(13)9(14)18-11/h1-4H,(H,15,16)(H2,14,17,18). The van der Waals surface area contributed by atoms with Crippen LogP contribution in [0.4, 0.5) is 10.2 Å². The second-order valence-electron chi connectivity index (χ2n) is 3.68. The monoisotopic (exact) mass is 263 g/mol. The van der Waals surface area contributed by atoms with Gasteiger partial charge in [-0.3, -0.25) is 0 Å². The van der Waals surface area contributed by atoms with Gasteiger partial charge in [0.1, 0.15) is 5.65 Å². The lowest BCUT2D eigenvalue weighted by Gasteiger charge is -2.00. The Balaban J connectivity index is 2.24. The highest BCUT2D eigenvalue weighted by Gasteiger charge is 2.11. The van der Waals surface area contributed by atoms with E-state index in [0.717, 1.165) is 11.6 Å². The van der Waals surface area contributed by atoms with Gasteiger partial charge in [-0.05, 0) is 6.07 Å². The van der Waals surface area contributed by atoms with Gasteiger partial charge < -0.3 is 10.7 Å². The molecule has 18 heavy (non-hydrogen) atoms. The first-order valence-electron chi connectivity index (χ1n) is 5.06. The van der Waals surface area contributed by atoms with Crippen LogP contribution in [0.25, 0.3) is 22.4 Å².